The van der Waals surface area contributed by atoms with E-state index in [1.807, 2.05) is 4.90 Å². The maximum atomic E-state index is 13.3. The summed E-state index contributed by atoms with van der Waals surface area (Å²) < 4.78 is 5.19. The molecule has 2 heterocycles. The molecule has 0 spiro atoms. The molecule has 4 aromatic rings. The molecule has 1 aromatic heterocycles. The highest BCUT2D eigenvalue weighted by atomic mass is 16.5. The van der Waals surface area contributed by atoms with Crippen molar-refractivity contribution < 1.29 is 14.6 Å². The van der Waals surface area contributed by atoms with Gasteiger partial charge in [0.15, 0.2) is 0 Å². The fourth-order valence-corrected chi connectivity index (χ4v) is 4.84. The summed E-state index contributed by atoms with van der Waals surface area (Å²) in [4.78, 5) is 37.5. The van der Waals surface area contributed by atoms with Crippen LogP contribution in [0.3, 0.4) is 0 Å². The van der Waals surface area contributed by atoms with Crippen molar-refractivity contribution in [2.24, 2.45) is 0 Å². The van der Waals surface area contributed by atoms with Gasteiger partial charge in [0.2, 0.25) is 0 Å². The first-order valence-electron chi connectivity index (χ1n) is 12.5. The lowest BCUT2D eigenvalue weighted by molar-refractivity contribution is 0.0726. The first kappa shape index (κ1) is 25.1. The molecule has 8 heteroatoms. The number of hydrogen-bond donors (Lipinski definition) is 2. The smallest absolute Gasteiger partial charge is 0.274 e. The van der Waals surface area contributed by atoms with Gasteiger partial charge in [0.25, 0.3) is 11.5 Å². The molecule has 0 aliphatic carbocycles. The van der Waals surface area contributed by atoms with Crippen molar-refractivity contribution in [1.82, 2.24) is 14.9 Å². The van der Waals surface area contributed by atoms with E-state index in [1.54, 1.807) is 49.6 Å². The fraction of sp³-hybridized carbons (Fsp3) is 0.233. The van der Waals surface area contributed by atoms with E-state index in [1.165, 1.54) is 17.3 Å². The van der Waals surface area contributed by atoms with Crippen LogP contribution in [-0.4, -0.2) is 58.7 Å². The van der Waals surface area contributed by atoms with Crippen molar-refractivity contribution in [3.8, 4) is 5.75 Å². The summed E-state index contributed by atoms with van der Waals surface area (Å²) in [7, 11) is 1.54. The Morgan fingerprint density at radius 2 is 1.89 bits per heavy atom. The Morgan fingerprint density at radius 3 is 2.66 bits per heavy atom. The number of H-pyrrole nitrogens is 1. The van der Waals surface area contributed by atoms with Gasteiger partial charge in [-0.25, -0.2) is 4.98 Å². The molecule has 1 amide bonds. The van der Waals surface area contributed by atoms with Crippen molar-refractivity contribution in [1.29, 1.82) is 0 Å². The average molecular weight is 511 g/mol. The third-order valence-corrected chi connectivity index (χ3v) is 6.85. The highest BCUT2D eigenvalue weighted by molar-refractivity contribution is 5.97. The zero-order chi connectivity index (χ0) is 26.8. The van der Waals surface area contributed by atoms with E-state index in [0.29, 0.717) is 41.0 Å². The van der Waals surface area contributed by atoms with Crippen molar-refractivity contribution in [3.63, 3.8) is 0 Å². The maximum absolute atomic E-state index is 13.3. The number of fused-ring (bicyclic) bond motifs is 1. The van der Waals surface area contributed by atoms with Gasteiger partial charge in [0.05, 0.1) is 18.1 Å². The number of carbonyl (C=O) groups is 1. The van der Waals surface area contributed by atoms with Crippen LogP contribution in [0.4, 0.5) is 5.69 Å². The van der Waals surface area contributed by atoms with Crippen LogP contribution in [0.25, 0.3) is 22.9 Å². The molecule has 1 unspecified atom stereocenters. The van der Waals surface area contributed by atoms with Gasteiger partial charge in [-0.15, -0.1) is 0 Å². The highest BCUT2D eigenvalue weighted by Gasteiger charge is 2.27. The lowest BCUT2D eigenvalue weighted by Crippen LogP contribution is -2.53. The average Bonchev–Trinajstić information content (AvgIpc) is 2.92. The summed E-state index contributed by atoms with van der Waals surface area (Å²) in [5.41, 5.74) is 3.96. The van der Waals surface area contributed by atoms with Crippen LogP contribution in [0.5, 0.6) is 5.75 Å². The number of benzene rings is 3. The van der Waals surface area contributed by atoms with Gasteiger partial charge in [-0.1, -0.05) is 24.3 Å². The van der Waals surface area contributed by atoms with E-state index in [9.17, 15) is 14.7 Å². The second-order valence-electron chi connectivity index (χ2n) is 9.58. The number of aryl methyl sites for hydroxylation is 1. The van der Waals surface area contributed by atoms with E-state index >= 15 is 0 Å². The van der Waals surface area contributed by atoms with Crippen LogP contribution in [-0.2, 0) is 0 Å². The Kier molecular flexibility index (Phi) is 6.87. The van der Waals surface area contributed by atoms with Crippen LogP contribution in [0.1, 0.15) is 34.1 Å². The number of methoxy groups -OCH3 is 1. The number of ether oxygens (including phenoxy) is 1. The molecule has 1 fully saturated rings. The summed E-state index contributed by atoms with van der Waals surface area (Å²) in [5.74, 6) is 0.404. The van der Waals surface area contributed by atoms with Crippen LogP contribution >= 0.6 is 0 Å². The minimum atomic E-state index is -0.461. The second-order valence-corrected chi connectivity index (χ2v) is 9.58. The first-order valence-corrected chi connectivity index (χ1v) is 12.5. The standard InChI is InChI=1S/C30H30N4O4/c1-19-6-4-8-23(14-19)34-13-12-33(18-20(34)2)30(37)22-10-11-25-26(16-22)32-29(36)27(31-25)17-28(35)21-7-5-9-24(15-21)38-3/h4-11,14-17,20,35H,12-13,18H2,1-3H3,(H,32,36). The Bertz CT molecular complexity index is 1590. The predicted octanol–water partition coefficient (Wildman–Crippen LogP) is 4.65. The Labute approximate surface area is 220 Å². The number of anilines is 1. The van der Waals surface area contributed by atoms with E-state index < -0.39 is 5.56 Å². The topological polar surface area (TPSA) is 98.8 Å². The normalized spacial score (nSPS) is 16.1. The SMILES string of the molecule is COc1cccc(C(O)=Cc2nc3ccc(C(=O)N4CCN(c5cccc(C)c5)C(C)C4)cc3[nH]c2=O)c1. The molecule has 0 saturated carbocycles. The summed E-state index contributed by atoms with van der Waals surface area (Å²) in [5, 5.41) is 10.5. The third-order valence-electron chi connectivity index (χ3n) is 6.85. The number of nitrogens with zero attached hydrogens (tertiary/aromatic N) is 3. The number of hydrogen-bond acceptors (Lipinski definition) is 6. The van der Waals surface area contributed by atoms with Gasteiger partial charge >= 0.3 is 0 Å². The number of aromatic amines is 1. The van der Waals surface area contributed by atoms with Gasteiger partial charge in [0.1, 0.15) is 17.2 Å². The van der Waals surface area contributed by atoms with Crippen molar-refractivity contribution >= 4 is 34.5 Å². The van der Waals surface area contributed by atoms with E-state index in [0.717, 1.165) is 6.54 Å². The lowest BCUT2D eigenvalue weighted by Gasteiger charge is -2.41. The zero-order valence-corrected chi connectivity index (χ0v) is 21.6. The van der Waals surface area contributed by atoms with Gasteiger partial charge in [-0.05, 0) is 61.9 Å². The summed E-state index contributed by atoms with van der Waals surface area (Å²) in [6.07, 6.45) is 1.32. The largest absolute Gasteiger partial charge is 0.507 e. The molecule has 38 heavy (non-hydrogen) atoms. The zero-order valence-electron chi connectivity index (χ0n) is 21.6. The quantitative estimate of drug-likeness (QED) is 0.380. The van der Waals surface area contributed by atoms with E-state index in [-0.39, 0.29) is 23.4 Å². The molecule has 0 bridgehead atoms. The Morgan fingerprint density at radius 1 is 1.08 bits per heavy atom. The molecule has 1 aliphatic rings. The number of carbonyl (C=O) groups excluding carboxylic acids is 1. The number of nitrogens with one attached hydrogen (secondary N) is 1. The van der Waals surface area contributed by atoms with Crippen molar-refractivity contribution in [2.75, 3.05) is 31.6 Å². The monoisotopic (exact) mass is 510 g/mol. The maximum Gasteiger partial charge on any atom is 0.274 e. The number of aliphatic hydroxyl groups is 1. The van der Waals surface area contributed by atoms with Gasteiger partial charge < -0.3 is 24.6 Å². The first-order chi connectivity index (χ1) is 18.3. The minimum absolute atomic E-state index is 0.0676. The van der Waals surface area contributed by atoms with E-state index in [2.05, 4.69) is 53.0 Å². The van der Waals surface area contributed by atoms with Crippen molar-refractivity contribution in [3.05, 3.63) is 99.5 Å². The van der Waals surface area contributed by atoms with Gasteiger partial charge in [-0.3, -0.25) is 9.59 Å². The molecule has 1 saturated heterocycles. The number of amides is 1. The number of aromatic nitrogens is 2. The van der Waals surface area contributed by atoms with Gasteiger partial charge in [0, 0.05) is 48.6 Å². The molecule has 8 nitrogen and oxygen atoms in total. The number of piperazine rings is 1. The molecule has 5 rings (SSSR count). The molecule has 194 valence electrons. The molecule has 1 aliphatic heterocycles. The lowest BCUT2D eigenvalue weighted by atomic mass is 10.1. The third kappa shape index (κ3) is 5.11. The molecule has 1 atom stereocenters. The highest BCUT2D eigenvalue weighted by Crippen LogP contribution is 2.24. The number of rotatable bonds is 5. The predicted molar refractivity (Wildman–Crippen MR) is 150 cm³/mol. The number of aliphatic hydroxyl groups excluding tert-OH is 1. The Balaban J connectivity index is 1.35. The molecular formula is C30H30N4O4. The molecule has 3 aromatic carbocycles. The van der Waals surface area contributed by atoms with Crippen LogP contribution < -0.4 is 15.2 Å². The summed E-state index contributed by atoms with van der Waals surface area (Å²) in [6.45, 7) is 6.16. The summed E-state index contributed by atoms with van der Waals surface area (Å²) >= 11 is 0. The van der Waals surface area contributed by atoms with Crippen molar-refractivity contribution in [2.45, 2.75) is 19.9 Å². The fourth-order valence-electron chi connectivity index (χ4n) is 4.84. The van der Waals surface area contributed by atoms with Crippen LogP contribution in [0.2, 0.25) is 0 Å². The molecule has 2 N–H and O–H groups in total. The summed E-state index contributed by atoms with van der Waals surface area (Å²) in [6, 6.07) is 20.6. The van der Waals surface area contributed by atoms with E-state index in [4.69, 9.17) is 4.74 Å². The molecule has 0 radical (unpaired) electrons. The Hall–Kier alpha value is -4.59. The second kappa shape index (κ2) is 10.4. The molecular weight excluding hydrogens is 480 g/mol. The van der Waals surface area contributed by atoms with Crippen LogP contribution in [0, 0.1) is 6.92 Å². The van der Waals surface area contributed by atoms with Gasteiger partial charge in [-0.2, -0.15) is 0 Å². The minimum Gasteiger partial charge on any atom is -0.507 e. The van der Waals surface area contributed by atoms with Crippen LogP contribution in [0.15, 0.2) is 71.5 Å².